The first kappa shape index (κ1) is 14.4. The Labute approximate surface area is 125 Å². The lowest BCUT2D eigenvalue weighted by Gasteiger charge is -2.15. The van der Waals surface area contributed by atoms with Crippen LogP contribution in [0.2, 0.25) is 0 Å². The number of nitrogen functional groups attached to an aromatic ring is 1. The molecule has 2 rings (SSSR count). The lowest BCUT2D eigenvalue weighted by Crippen LogP contribution is -2.07. The maximum Gasteiger partial charge on any atom is 0.258 e. The predicted octanol–water partition coefficient (Wildman–Crippen LogP) is 4.11. The second-order valence-electron chi connectivity index (χ2n) is 5.15. The van der Waals surface area contributed by atoms with Gasteiger partial charge in [-0.25, -0.2) is 0 Å². The van der Waals surface area contributed by atoms with E-state index in [-0.39, 0.29) is 4.75 Å². The number of hydrogen-bond acceptors (Lipinski definition) is 5. The maximum absolute atomic E-state index is 5.84. The Morgan fingerprint density at radius 2 is 2.11 bits per heavy atom. The Kier molecular flexibility index (Phi) is 4.20. The Morgan fingerprint density at radius 1 is 1.37 bits per heavy atom. The molecule has 0 radical (unpaired) electrons. The van der Waals surface area contributed by atoms with Gasteiger partial charge in [-0.15, -0.1) is 11.8 Å². The van der Waals surface area contributed by atoms with Crippen molar-refractivity contribution < 1.29 is 4.52 Å². The van der Waals surface area contributed by atoms with Crippen LogP contribution >= 0.6 is 27.7 Å². The van der Waals surface area contributed by atoms with E-state index in [4.69, 9.17) is 10.3 Å². The van der Waals surface area contributed by atoms with Gasteiger partial charge in [0.25, 0.3) is 5.89 Å². The Hall–Kier alpha value is -1.01. The van der Waals surface area contributed by atoms with Gasteiger partial charge in [0.2, 0.25) is 0 Å². The van der Waals surface area contributed by atoms with Crippen LogP contribution in [-0.4, -0.2) is 14.9 Å². The average molecular weight is 342 g/mol. The number of benzene rings is 1. The summed E-state index contributed by atoms with van der Waals surface area (Å²) < 4.78 is 6.31. The molecule has 0 aliphatic rings. The van der Waals surface area contributed by atoms with E-state index in [1.807, 2.05) is 18.2 Å². The first-order valence-corrected chi connectivity index (χ1v) is 7.65. The van der Waals surface area contributed by atoms with Gasteiger partial charge in [0.15, 0.2) is 5.82 Å². The highest BCUT2D eigenvalue weighted by Crippen LogP contribution is 2.29. The summed E-state index contributed by atoms with van der Waals surface area (Å²) >= 11 is 5.14. The molecule has 0 fully saturated rings. The third-order valence-corrected chi connectivity index (χ3v) is 4.34. The van der Waals surface area contributed by atoms with Crippen molar-refractivity contribution in [2.24, 2.45) is 0 Å². The van der Waals surface area contributed by atoms with Gasteiger partial charge >= 0.3 is 0 Å². The molecule has 0 aliphatic carbocycles. The van der Waals surface area contributed by atoms with Gasteiger partial charge in [-0.2, -0.15) is 4.98 Å². The van der Waals surface area contributed by atoms with Crippen molar-refractivity contribution in [3.05, 3.63) is 28.5 Å². The van der Waals surface area contributed by atoms with Gasteiger partial charge in [-0.05, 0) is 34.1 Å². The van der Waals surface area contributed by atoms with Crippen LogP contribution in [0, 0.1) is 0 Å². The van der Waals surface area contributed by atoms with E-state index in [1.54, 1.807) is 11.8 Å². The molecule has 0 saturated heterocycles. The number of rotatable bonds is 3. The molecular formula is C13H16BrN3OS. The third kappa shape index (κ3) is 3.98. The van der Waals surface area contributed by atoms with Gasteiger partial charge in [0, 0.05) is 20.5 Å². The minimum absolute atomic E-state index is 0.183. The molecule has 0 aliphatic heterocycles. The monoisotopic (exact) mass is 341 g/mol. The standard InChI is InChI=1S/C13H16BrN3OS/c1-13(2,3)19-7-11-16-12(18-17-11)8-4-5-9(14)10(15)6-8/h4-6H,7,15H2,1-3H3. The molecule has 0 saturated carbocycles. The molecule has 102 valence electrons. The molecule has 0 spiro atoms. The van der Waals surface area contributed by atoms with E-state index in [1.165, 1.54) is 0 Å². The summed E-state index contributed by atoms with van der Waals surface area (Å²) in [6.07, 6.45) is 0. The van der Waals surface area contributed by atoms with E-state index in [0.29, 0.717) is 17.4 Å². The largest absolute Gasteiger partial charge is 0.398 e. The summed E-state index contributed by atoms with van der Waals surface area (Å²) in [5.74, 6) is 1.94. The van der Waals surface area contributed by atoms with Gasteiger partial charge in [-0.1, -0.05) is 25.9 Å². The number of aromatic nitrogens is 2. The van der Waals surface area contributed by atoms with Crippen LogP contribution in [0.15, 0.2) is 27.2 Å². The second kappa shape index (κ2) is 5.54. The zero-order valence-corrected chi connectivity index (χ0v) is 13.5. The summed E-state index contributed by atoms with van der Waals surface area (Å²) in [5.41, 5.74) is 7.33. The SMILES string of the molecule is CC(C)(C)SCc1noc(-c2ccc(Br)c(N)c2)n1. The zero-order chi connectivity index (χ0) is 14.0. The van der Waals surface area contributed by atoms with E-state index in [0.717, 1.165) is 15.8 Å². The second-order valence-corrected chi connectivity index (χ2v) is 7.81. The summed E-state index contributed by atoms with van der Waals surface area (Å²) in [5, 5.41) is 3.99. The maximum atomic E-state index is 5.84. The van der Waals surface area contributed by atoms with Gasteiger partial charge < -0.3 is 10.3 Å². The Bertz CT molecular complexity index is 578. The van der Waals surface area contributed by atoms with Crippen molar-refractivity contribution in [1.82, 2.24) is 10.1 Å². The summed E-state index contributed by atoms with van der Waals surface area (Å²) in [7, 11) is 0. The van der Waals surface area contributed by atoms with Crippen LogP contribution in [-0.2, 0) is 5.75 Å². The number of nitrogens with two attached hydrogens (primary N) is 1. The predicted molar refractivity (Wildman–Crippen MR) is 82.9 cm³/mol. The van der Waals surface area contributed by atoms with Crippen LogP contribution in [0.1, 0.15) is 26.6 Å². The molecule has 0 unspecified atom stereocenters. The third-order valence-electron chi connectivity index (χ3n) is 2.35. The molecule has 0 bridgehead atoms. The Morgan fingerprint density at radius 3 is 2.74 bits per heavy atom. The number of thioether (sulfide) groups is 1. The lowest BCUT2D eigenvalue weighted by atomic mass is 10.2. The van der Waals surface area contributed by atoms with E-state index < -0.39 is 0 Å². The number of halogens is 1. The Balaban J connectivity index is 2.14. The molecule has 2 aromatic rings. The van der Waals surface area contributed by atoms with Crippen LogP contribution in [0.3, 0.4) is 0 Å². The van der Waals surface area contributed by atoms with Crippen LogP contribution in [0.5, 0.6) is 0 Å². The number of nitrogens with zero attached hydrogens (tertiary/aromatic N) is 2. The van der Waals surface area contributed by atoms with Gasteiger partial charge in [0.05, 0.1) is 5.75 Å². The van der Waals surface area contributed by atoms with Crippen molar-refractivity contribution in [2.75, 3.05) is 5.73 Å². The molecule has 2 N–H and O–H groups in total. The molecule has 19 heavy (non-hydrogen) atoms. The van der Waals surface area contributed by atoms with E-state index in [9.17, 15) is 0 Å². The first-order valence-electron chi connectivity index (χ1n) is 5.87. The van der Waals surface area contributed by atoms with E-state index >= 15 is 0 Å². The van der Waals surface area contributed by atoms with Crippen LogP contribution in [0.25, 0.3) is 11.5 Å². The summed E-state index contributed by atoms with van der Waals surface area (Å²) in [6.45, 7) is 6.48. The first-order chi connectivity index (χ1) is 8.85. The quantitative estimate of drug-likeness (QED) is 0.851. The minimum Gasteiger partial charge on any atom is -0.398 e. The summed E-state index contributed by atoms with van der Waals surface area (Å²) in [4.78, 5) is 4.38. The molecule has 4 nitrogen and oxygen atoms in total. The van der Waals surface area contributed by atoms with Crippen molar-refractivity contribution in [3.8, 4) is 11.5 Å². The van der Waals surface area contributed by atoms with Crippen LogP contribution < -0.4 is 5.73 Å². The molecule has 1 heterocycles. The lowest BCUT2D eigenvalue weighted by molar-refractivity contribution is 0.425. The van der Waals surface area contributed by atoms with Crippen molar-refractivity contribution in [2.45, 2.75) is 31.3 Å². The van der Waals surface area contributed by atoms with Gasteiger partial charge in [-0.3, -0.25) is 0 Å². The van der Waals surface area contributed by atoms with Crippen molar-refractivity contribution >= 4 is 33.4 Å². The van der Waals surface area contributed by atoms with Gasteiger partial charge in [0.1, 0.15) is 0 Å². The summed E-state index contributed by atoms with van der Waals surface area (Å²) in [6, 6.07) is 5.59. The minimum atomic E-state index is 0.183. The molecule has 1 aromatic heterocycles. The molecular weight excluding hydrogens is 326 g/mol. The number of hydrogen-bond donors (Lipinski definition) is 1. The highest BCUT2D eigenvalue weighted by Gasteiger charge is 2.14. The molecule has 1 aromatic carbocycles. The smallest absolute Gasteiger partial charge is 0.258 e. The molecule has 0 amide bonds. The highest BCUT2D eigenvalue weighted by atomic mass is 79.9. The fourth-order valence-corrected chi connectivity index (χ4v) is 2.31. The highest BCUT2D eigenvalue weighted by molar-refractivity contribution is 9.10. The zero-order valence-electron chi connectivity index (χ0n) is 11.1. The molecule has 6 heteroatoms. The average Bonchev–Trinajstić information content (AvgIpc) is 2.78. The topological polar surface area (TPSA) is 64.9 Å². The van der Waals surface area contributed by atoms with Crippen molar-refractivity contribution in [3.63, 3.8) is 0 Å². The normalized spacial score (nSPS) is 11.8. The fraction of sp³-hybridized carbons (Fsp3) is 0.385. The van der Waals surface area contributed by atoms with Crippen LogP contribution in [0.4, 0.5) is 5.69 Å². The van der Waals surface area contributed by atoms with Crippen molar-refractivity contribution in [1.29, 1.82) is 0 Å². The van der Waals surface area contributed by atoms with E-state index in [2.05, 4.69) is 46.8 Å². The number of anilines is 1. The molecule has 0 atom stereocenters. The fourth-order valence-electron chi connectivity index (χ4n) is 1.39.